The van der Waals surface area contributed by atoms with Gasteiger partial charge in [-0.15, -0.1) is 0 Å². The third-order valence-corrected chi connectivity index (χ3v) is 4.16. The molecule has 6 nitrogen and oxygen atoms in total. The molecule has 138 valence electrons. The molecule has 26 heavy (non-hydrogen) atoms. The van der Waals surface area contributed by atoms with Gasteiger partial charge in [0.2, 0.25) is 0 Å². The highest BCUT2D eigenvalue weighted by molar-refractivity contribution is 5.89. The first-order valence-corrected chi connectivity index (χ1v) is 8.56. The molecule has 2 aromatic rings. The minimum Gasteiger partial charge on any atom is -0.489 e. The molecule has 0 amide bonds. The summed E-state index contributed by atoms with van der Waals surface area (Å²) in [6.07, 6.45) is -1.49. The van der Waals surface area contributed by atoms with Crippen molar-refractivity contribution in [2.24, 2.45) is 0 Å². The fourth-order valence-corrected chi connectivity index (χ4v) is 2.81. The van der Waals surface area contributed by atoms with Crippen LogP contribution in [-0.2, 0) is 16.1 Å². The zero-order chi connectivity index (χ0) is 18.4. The van der Waals surface area contributed by atoms with Crippen molar-refractivity contribution in [2.45, 2.75) is 37.9 Å². The van der Waals surface area contributed by atoms with Gasteiger partial charge in [-0.1, -0.05) is 30.3 Å². The number of aliphatic hydroxyl groups is 2. The fourth-order valence-electron chi connectivity index (χ4n) is 2.81. The van der Waals surface area contributed by atoms with Gasteiger partial charge in [0, 0.05) is 12.8 Å². The van der Waals surface area contributed by atoms with Crippen molar-refractivity contribution in [3.05, 3.63) is 65.7 Å². The van der Waals surface area contributed by atoms with Crippen LogP contribution in [-0.4, -0.2) is 41.3 Å². The molecular formula is C20H22O6. The quantitative estimate of drug-likeness (QED) is 0.771. The molecule has 1 fully saturated rings. The van der Waals surface area contributed by atoms with Gasteiger partial charge in [-0.05, 0) is 29.8 Å². The number of hydrogen-bond acceptors (Lipinski definition) is 6. The van der Waals surface area contributed by atoms with E-state index in [9.17, 15) is 9.90 Å². The lowest BCUT2D eigenvalue weighted by Crippen LogP contribution is -2.39. The Labute approximate surface area is 151 Å². The number of hydrogen-bond donors (Lipinski definition) is 2. The summed E-state index contributed by atoms with van der Waals surface area (Å²) >= 11 is 0. The molecule has 0 saturated carbocycles. The number of ether oxygens (including phenoxy) is 3. The molecule has 0 bridgehead atoms. The highest BCUT2D eigenvalue weighted by atomic mass is 16.6. The lowest BCUT2D eigenvalue weighted by Gasteiger charge is -2.31. The first-order chi connectivity index (χ1) is 12.6. The molecule has 2 aromatic carbocycles. The summed E-state index contributed by atoms with van der Waals surface area (Å²) in [4.78, 5) is 12.3. The normalized spacial score (nSPS) is 22.6. The van der Waals surface area contributed by atoms with E-state index in [0.717, 1.165) is 5.56 Å². The second kappa shape index (κ2) is 8.80. The maximum Gasteiger partial charge on any atom is 0.338 e. The average molecular weight is 358 g/mol. The van der Waals surface area contributed by atoms with E-state index in [4.69, 9.17) is 19.3 Å². The molecule has 1 aliphatic rings. The van der Waals surface area contributed by atoms with E-state index in [1.54, 1.807) is 24.3 Å². The number of rotatable bonds is 6. The van der Waals surface area contributed by atoms with Gasteiger partial charge in [0.25, 0.3) is 0 Å². The molecule has 0 aromatic heterocycles. The van der Waals surface area contributed by atoms with Crippen LogP contribution >= 0.6 is 0 Å². The van der Waals surface area contributed by atoms with Crippen molar-refractivity contribution in [1.82, 2.24) is 0 Å². The van der Waals surface area contributed by atoms with Gasteiger partial charge in [0.05, 0.1) is 18.3 Å². The molecule has 1 heterocycles. The van der Waals surface area contributed by atoms with Crippen molar-refractivity contribution in [3.8, 4) is 5.75 Å². The standard InChI is InChI=1S/C20H22O6/c21-12-18-10-17(11-19(22)25-18)26-20(23)15-6-8-16(9-7-15)24-13-14-4-2-1-3-5-14/h1-9,17-19,21-22H,10-13H2. The van der Waals surface area contributed by atoms with Crippen LogP contribution < -0.4 is 4.74 Å². The minimum absolute atomic E-state index is 0.195. The molecule has 3 atom stereocenters. The number of carbonyl (C=O) groups is 1. The van der Waals surface area contributed by atoms with Crippen LogP contribution in [0, 0.1) is 0 Å². The lowest BCUT2D eigenvalue weighted by molar-refractivity contribution is -0.197. The van der Waals surface area contributed by atoms with Gasteiger partial charge in [-0.25, -0.2) is 4.79 Å². The second-order valence-corrected chi connectivity index (χ2v) is 6.19. The van der Waals surface area contributed by atoms with E-state index in [2.05, 4.69) is 0 Å². The summed E-state index contributed by atoms with van der Waals surface area (Å²) in [5.74, 6) is 0.183. The van der Waals surface area contributed by atoms with E-state index < -0.39 is 24.5 Å². The predicted molar refractivity (Wildman–Crippen MR) is 93.6 cm³/mol. The van der Waals surface area contributed by atoms with Gasteiger partial charge < -0.3 is 24.4 Å². The van der Waals surface area contributed by atoms with E-state index >= 15 is 0 Å². The maximum absolute atomic E-state index is 12.3. The Kier molecular flexibility index (Phi) is 6.22. The van der Waals surface area contributed by atoms with Gasteiger partial charge in [0.15, 0.2) is 6.29 Å². The molecule has 0 radical (unpaired) electrons. The van der Waals surface area contributed by atoms with Gasteiger partial charge in [-0.2, -0.15) is 0 Å². The molecule has 2 N–H and O–H groups in total. The summed E-state index contributed by atoms with van der Waals surface area (Å²) in [5.41, 5.74) is 1.46. The number of aliphatic hydroxyl groups excluding tert-OH is 2. The topological polar surface area (TPSA) is 85.2 Å². The molecule has 3 rings (SSSR count). The van der Waals surface area contributed by atoms with E-state index in [1.165, 1.54) is 0 Å². The highest BCUT2D eigenvalue weighted by Crippen LogP contribution is 2.22. The highest BCUT2D eigenvalue weighted by Gasteiger charge is 2.30. The molecule has 0 aliphatic carbocycles. The van der Waals surface area contributed by atoms with Crippen LogP contribution in [0.25, 0.3) is 0 Å². The van der Waals surface area contributed by atoms with Crippen LogP contribution in [0.2, 0.25) is 0 Å². The summed E-state index contributed by atoms with van der Waals surface area (Å²) < 4.78 is 16.2. The predicted octanol–water partition coefficient (Wildman–Crippen LogP) is 2.28. The van der Waals surface area contributed by atoms with E-state index in [1.807, 2.05) is 30.3 Å². The first kappa shape index (κ1) is 18.4. The summed E-state index contributed by atoms with van der Waals surface area (Å²) in [6, 6.07) is 16.5. The van der Waals surface area contributed by atoms with Crippen LogP contribution in [0.15, 0.2) is 54.6 Å². The largest absolute Gasteiger partial charge is 0.489 e. The van der Waals surface area contributed by atoms with Crippen molar-refractivity contribution < 1.29 is 29.2 Å². The number of esters is 1. The summed E-state index contributed by atoms with van der Waals surface area (Å²) in [6.45, 7) is 0.228. The summed E-state index contributed by atoms with van der Waals surface area (Å²) in [7, 11) is 0. The zero-order valence-electron chi connectivity index (χ0n) is 14.3. The van der Waals surface area contributed by atoms with Gasteiger partial charge >= 0.3 is 5.97 Å². The molecule has 3 unspecified atom stereocenters. The first-order valence-electron chi connectivity index (χ1n) is 8.56. The SMILES string of the molecule is O=C(OC1CC(O)OC(CO)C1)c1ccc(OCc2ccccc2)cc1. The Morgan fingerprint density at radius 1 is 1.08 bits per heavy atom. The Bertz CT molecular complexity index is 700. The van der Waals surface area contributed by atoms with Crippen LogP contribution in [0.1, 0.15) is 28.8 Å². The zero-order valence-corrected chi connectivity index (χ0v) is 14.3. The molecule has 1 saturated heterocycles. The fraction of sp³-hybridized carbons (Fsp3) is 0.350. The monoisotopic (exact) mass is 358 g/mol. The number of carbonyl (C=O) groups excluding carboxylic acids is 1. The second-order valence-electron chi connectivity index (χ2n) is 6.19. The third-order valence-electron chi connectivity index (χ3n) is 4.16. The van der Waals surface area contributed by atoms with E-state index in [0.29, 0.717) is 24.3 Å². The lowest BCUT2D eigenvalue weighted by atomic mass is 10.1. The van der Waals surface area contributed by atoms with Crippen molar-refractivity contribution in [2.75, 3.05) is 6.61 Å². The van der Waals surface area contributed by atoms with Gasteiger partial charge in [0.1, 0.15) is 18.5 Å². The Balaban J connectivity index is 1.53. The molecular weight excluding hydrogens is 336 g/mol. The minimum atomic E-state index is -1.03. The van der Waals surface area contributed by atoms with E-state index in [-0.39, 0.29) is 13.0 Å². The van der Waals surface area contributed by atoms with Crippen LogP contribution in [0.4, 0.5) is 0 Å². The Morgan fingerprint density at radius 3 is 2.50 bits per heavy atom. The van der Waals surface area contributed by atoms with Crippen LogP contribution in [0.3, 0.4) is 0 Å². The third kappa shape index (κ3) is 5.05. The molecule has 6 heteroatoms. The molecule has 1 aliphatic heterocycles. The van der Waals surface area contributed by atoms with Crippen LogP contribution in [0.5, 0.6) is 5.75 Å². The average Bonchev–Trinajstić information content (AvgIpc) is 2.67. The maximum atomic E-state index is 12.3. The van der Waals surface area contributed by atoms with Crippen molar-refractivity contribution in [3.63, 3.8) is 0 Å². The van der Waals surface area contributed by atoms with Gasteiger partial charge in [-0.3, -0.25) is 0 Å². The Hall–Kier alpha value is -2.41. The smallest absolute Gasteiger partial charge is 0.338 e. The Morgan fingerprint density at radius 2 is 1.81 bits per heavy atom. The molecule has 0 spiro atoms. The van der Waals surface area contributed by atoms with Crippen molar-refractivity contribution >= 4 is 5.97 Å². The number of benzene rings is 2. The summed E-state index contributed by atoms with van der Waals surface area (Å²) in [5, 5.41) is 18.8. The van der Waals surface area contributed by atoms with Crippen molar-refractivity contribution in [1.29, 1.82) is 0 Å².